The van der Waals surface area contributed by atoms with Gasteiger partial charge in [0.2, 0.25) is 0 Å². The third-order valence-corrected chi connectivity index (χ3v) is 7.34. The highest BCUT2D eigenvalue weighted by molar-refractivity contribution is 5.97. The van der Waals surface area contributed by atoms with Crippen LogP contribution in [0, 0.1) is 28.9 Å². The molecule has 3 heteroatoms. The Bertz CT molecular complexity index is 799. The van der Waals surface area contributed by atoms with Crippen LogP contribution in [0.5, 0.6) is 5.75 Å². The molecule has 4 unspecified atom stereocenters. The van der Waals surface area contributed by atoms with Gasteiger partial charge < -0.3 is 14.6 Å². The molecule has 1 saturated heterocycles. The molecule has 2 saturated carbocycles. The predicted octanol–water partition coefficient (Wildman–Crippen LogP) is 5.50. The lowest BCUT2D eigenvalue weighted by Crippen LogP contribution is -2.42. The fourth-order valence-corrected chi connectivity index (χ4v) is 6.11. The quantitative estimate of drug-likeness (QED) is 0.405. The van der Waals surface area contributed by atoms with E-state index in [0.717, 1.165) is 66.6 Å². The maximum atomic E-state index is 13.9. The van der Waals surface area contributed by atoms with Crippen LogP contribution in [0.4, 0.5) is 5.69 Å². The van der Waals surface area contributed by atoms with Crippen LogP contribution in [0.2, 0.25) is 0 Å². The molecule has 0 radical (unpaired) electrons. The lowest BCUT2D eigenvalue weighted by molar-refractivity contribution is 0.281. The molecule has 0 amide bonds. The molecule has 2 aliphatic carbocycles. The van der Waals surface area contributed by atoms with E-state index in [2.05, 4.69) is 31.2 Å². The Hall–Kier alpha value is -1.58. The van der Waals surface area contributed by atoms with E-state index >= 15 is 0 Å². The topological polar surface area (TPSA) is 32.3 Å². The van der Waals surface area contributed by atoms with E-state index in [1.807, 2.05) is 12.1 Å². The fourth-order valence-electron chi connectivity index (χ4n) is 6.11. The molecule has 2 aromatic carbocycles. The van der Waals surface area contributed by atoms with Crippen molar-refractivity contribution in [3.05, 3.63) is 41.6 Å². The Kier molecular flexibility index (Phi) is 3.98. The molecule has 5 rings (SSSR count). The van der Waals surface area contributed by atoms with E-state index in [1.165, 1.54) is 19.3 Å². The number of hydroxylamine groups is 2. The van der Waals surface area contributed by atoms with Crippen molar-refractivity contribution in [3.63, 3.8) is 0 Å². The van der Waals surface area contributed by atoms with Crippen molar-refractivity contribution in [1.29, 1.82) is 0 Å². The summed E-state index contributed by atoms with van der Waals surface area (Å²) in [5, 5.41) is 16.1. The van der Waals surface area contributed by atoms with Gasteiger partial charge in [-0.1, -0.05) is 31.5 Å². The van der Waals surface area contributed by atoms with Crippen molar-refractivity contribution in [2.45, 2.75) is 39.0 Å². The zero-order valence-corrected chi connectivity index (χ0v) is 15.7. The fraction of sp³-hybridized carbons (Fsp3) is 0.565. The minimum absolute atomic E-state index is 0.127. The molecule has 3 aliphatic rings. The second kappa shape index (κ2) is 6.24. The number of hydrogen-bond acceptors (Lipinski definition) is 2. The molecule has 26 heavy (non-hydrogen) atoms. The maximum absolute atomic E-state index is 13.9. The molecule has 4 atom stereocenters. The third-order valence-electron chi connectivity index (χ3n) is 7.34. The van der Waals surface area contributed by atoms with Crippen molar-refractivity contribution >= 4 is 16.5 Å². The molecule has 3 nitrogen and oxygen atoms in total. The zero-order valence-electron chi connectivity index (χ0n) is 15.7. The number of rotatable bonds is 5. The summed E-state index contributed by atoms with van der Waals surface area (Å²) >= 11 is 0. The van der Waals surface area contributed by atoms with E-state index in [1.54, 1.807) is 0 Å². The number of hydrogen-bond donors (Lipinski definition) is 0. The van der Waals surface area contributed by atoms with Gasteiger partial charge in [-0.05, 0) is 49.7 Å². The third kappa shape index (κ3) is 2.48. The minimum Gasteiger partial charge on any atom is -0.627 e. The Balaban J connectivity index is 1.51. The van der Waals surface area contributed by atoms with Crippen LogP contribution in [0.25, 0.3) is 10.8 Å². The molecular formula is C23H29NO2. The highest BCUT2D eigenvalue weighted by Crippen LogP contribution is 2.57. The van der Waals surface area contributed by atoms with Gasteiger partial charge in [0.1, 0.15) is 11.4 Å². The number of ether oxygens (including phenoxy) is 1. The van der Waals surface area contributed by atoms with Crippen molar-refractivity contribution in [3.8, 4) is 5.75 Å². The van der Waals surface area contributed by atoms with Gasteiger partial charge in [-0.25, -0.2) is 0 Å². The summed E-state index contributed by atoms with van der Waals surface area (Å²) in [4.78, 5) is 0. The summed E-state index contributed by atoms with van der Waals surface area (Å²) in [6.07, 6.45) is 6.29. The molecule has 1 heterocycles. The smallest absolute Gasteiger partial charge is 0.141 e. The molecule has 1 aliphatic heterocycles. The molecule has 0 aromatic heterocycles. The van der Waals surface area contributed by atoms with Crippen LogP contribution in [0.15, 0.2) is 36.4 Å². The molecule has 138 valence electrons. The summed E-state index contributed by atoms with van der Waals surface area (Å²) in [6, 6.07) is 12.4. The largest absolute Gasteiger partial charge is 0.627 e. The molecule has 2 bridgehead atoms. The van der Waals surface area contributed by atoms with Crippen LogP contribution in [-0.4, -0.2) is 19.7 Å². The van der Waals surface area contributed by atoms with Crippen LogP contribution < -0.4 is 9.38 Å². The molecular weight excluding hydrogens is 322 g/mol. The van der Waals surface area contributed by atoms with Crippen LogP contribution in [-0.2, 0) is 0 Å². The summed E-state index contributed by atoms with van der Waals surface area (Å²) < 4.78 is 5.89. The van der Waals surface area contributed by atoms with E-state index in [4.69, 9.17) is 4.74 Å². The minimum atomic E-state index is -0.127. The first-order chi connectivity index (χ1) is 12.7. The summed E-state index contributed by atoms with van der Waals surface area (Å²) in [7, 11) is 0. The van der Waals surface area contributed by atoms with Crippen LogP contribution in [0.3, 0.4) is 0 Å². The highest BCUT2D eigenvalue weighted by Gasteiger charge is 2.56. The van der Waals surface area contributed by atoms with Gasteiger partial charge in [0.15, 0.2) is 0 Å². The van der Waals surface area contributed by atoms with Crippen LogP contribution in [0.1, 0.15) is 39.0 Å². The Morgan fingerprint density at radius 3 is 2.38 bits per heavy atom. The average Bonchev–Trinajstić information content (AvgIpc) is 3.34. The van der Waals surface area contributed by atoms with Gasteiger partial charge in [-0.15, -0.1) is 0 Å². The monoisotopic (exact) mass is 351 g/mol. The first kappa shape index (κ1) is 16.6. The standard InChI is InChI=1S/C23H29NO2/c1-2-3-12-26-23-11-10-22(18-6-4-5-7-19(18)23)24(25)14-20-16-8-9-17(13-16)21(20)15-24/h4-7,10-11,16-17,20-21H,2-3,8-9,12-15H2,1H3. The van der Waals surface area contributed by atoms with Crippen molar-refractivity contribution < 1.29 is 4.74 Å². The Morgan fingerprint density at radius 1 is 1.00 bits per heavy atom. The number of fused-ring (bicyclic) bond motifs is 6. The second-order valence-corrected chi connectivity index (χ2v) is 8.75. The first-order valence-corrected chi connectivity index (χ1v) is 10.4. The van der Waals surface area contributed by atoms with E-state index in [9.17, 15) is 5.21 Å². The zero-order chi connectivity index (χ0) is 17.7. The summed E-state index contributed by atoms with van der Waals surface area (Å²) in [5.74, 6) is 3.88. The van der Waals surface area contributed by atoms with Gasteiger partial charge in [0, 0.05) is 28.7 Å². The summed E-state index contributed by atoms with van der Waals surface area (Å²) in [5.41, 5.74) is 0.956. The molecule has 3 fully saturated rings. The molecule has 2 aromatic rings. The first-order valence-electron chi connectivity index (χ1n) is 10.4. The van der Waals surface area contributed by atoms with Crippen molar-refractivity contribution in [1.82, 2.24) is 4.65 Å². The van der Waals surface area contributed by atoms with Crippen LogP contribution >= 0.6 is 0 Å². The van der Waals surface area contributed by atoms with E-state index in [-0.39, 0.29) is 4.65 Å². The summed E-state index contributed by atoms with van der Waals surface area (Å²) in [6.45, 7) is 4.48. The van der Waals surface area contributed by atoms with Crippen molar-refractivity contribution in [2.75, 3.05) is 19.7 Å². The number of nitrogens with zero attached hydrogens (tertiary/aromatic N) is 1. The van der Waals surface area contributed by atoms with Gasteiger partial charge >= 0.3 is 0 Å². The maximum Gasteiger partial charge on any atom is 0.141 e. The van der Waals surface area contributed by atoms with Gasteiger partial charge in [-0.2, -0.15) is 0 Å². The molecule has 0 spiro atoms. The Morgan fingerprint density at radius 2 is 1.69 bits per heavy atom. The number of benzene rings is 2. The van der Waals surface area contributed by atoms with Gasteiger partial charge in [0.25, 0.3) is 0 Å². The lowest BCUT2D eigenvalue weighted by atomic mass is 9.82. The average molecular weight is 351 g/mol. The second-order valence-electron chi connectivity index (χ2n) is 8.75. The predicted molar refractivity (Wildman–Crippen MR) is 107 cm³/mol. The lowest BCUT2D eigenvalue weighted by Gasteiger charge is -2.40. The Labute approximate surface area is 156 Å². The SMILES string of the molecule is CCCCOc1ccc([N+]2([O-])CC3C4CCC(C4)C3C2)c2ccccc12. The van der Waals surface area contributed by atoms with Crippen molar-refractivity contribution in [2.24, 2.45) is 23.7 Å². The number of unbranched alkanes of at least 4 members (excludes halogenated alkanes) is 1. The highest BCUT2D eigenvalue weighted by atomic mass is 16.5. The normalized spacial score (nSPS) is 35.2. The van der Waals surface area contributed by atoms with Gasteiger partial charge in [-0.3, -0.25) is 0 Å². The number of quaternary nitrogens is 1. The molecule has 0 N–H and O–H groups in total. The van der Waals surface area contributed by atoms with Gasteiger partial charge in [0.05, 0.1) is 19.7 Å². The van der Waals surface area contributed by atoms with E-state index in [0.29, 0.717) is 11.8 Å². The van der Waals surface area contributed by atoms with E-state index < -0.39 is 0 Å².